The largest absolute Gasteiger partial charge is 0.289 e. The number of rotatable bonds is 1. The molecular weight excluding hydrogens is 255 g/mol. The highest BCUT2D eigenvalue weighted by Crippen LogP contribution is 2.18. The summed E-state index contributed by atoms with van der Waals surface area (Å²) in [7, 11) is 0. The highest BCUT2D eigenvalue weighted by molar-refractivity contribution is 9.10. The molecule has 0 N–H and O–H groups in total. The molecule has 0 saturated heterocycles. The quantitative estimate of drug-likeness (QED) is 0.737. The van der Waals surface area contributed by atoms with Crippen molar-refractivity contribution < 1.29 is 0 Å². The smallest absolute Gasteiger partial charge is 0.224 e. The molecule has 6 heteroatoms. The van der Waals surface area contributed by atoms with Crippen molar-refractivity contribution in [1.82, 2.24) is 19.5 Å². The van der Waals surface area contributed by atoms with Crippen LogP contribution in [0.2, 0.25) is 5.28 Å². The molecule has 0 atom stereocenters. The third kappa shape index (κ3) is 1.71. The molecule has 2 aromatic rings. The van der Waals surface area contributed by atoms with Gasteiger partial charge in [0, 0.05) is 18.6 Å². The summed E-state index contributed by atoms with van der Waals surface area (Å²) in [6, 6.07) is 0. The predicted molar refractivity (Wildman–Crippen MR) is 51.9 cm³/mol. The SMILES string of the molecule is Clc1ncc(Br)c(-n2ccnc2)n1. The van der Waals surface area contributed by atoms with Crippen molar-refractivity contribution in [1.29, 1.82) is 0 Å². The molecule has 4 nitrogen and oxygen atoms in total. The Bertz CT molecular complexity index is 414. The fraction of sp³-hybridized carbons (Fsp3) is 0. The maximum atomic E-state index is 5.66. The summed E-state index contributed by atoms with van der Waals surface area (Å²) in [4.78, 5) is 11.8. The van der Waals surface area contributed by atoms with Crippen molar-refractivity contribution in [2.24, 2.45) is 0 Å². The lowest BCUT2D eigenvalue weighted by Gasteiger charge is -2.02. The molecule has 0 amide bonds. The van der Waals surface area contributed by atoms with E-state index < -0.39 is 0 Å². The summed E-state index contributed by atoms with van der Waals surface area (Å²) in [5.41, 5.74) is 0. The van der Waals surface area contributed by atoms with E-state index >= 15 is 0 Å². The second-order valence-corrected chi connectivity index (χ2v) is 3.47. The van der Waals surface area contributed by atoms with Crippen LogP contribution < -0.4 is 0 Å². The molecule has 0 aromatic carbocycles. The Morgan fingerprint density at radius 2 is 2.31 bits per heavy atom. The maximum absolute atomic E-state index is 5.66. The molecule has 0 bridgehead atoms. The minimum absolute atomic E-state index is 0.215. The molecule has 0 fully saturated rings. The lowest BCUT2D eigenvalue weighted by atomic mass is 10.6. The lowest BCUT2D eigenvalue weighted by Crippen LogP contribution is -1.97. The molecule has 0 radical (unpaired) electrons. The first-order chi connectivity index (χ1) is 6.27. The summed E-state index contributed by atoms with van der Waals surface area (Å²) in [5, 5.41) is 0.215. The molecule has 0 aliphatic heterocycles. The van der Waals surface area contributed by atoms with Gasteiger partial charge >= 0.3 is 0 Å². The van der Waals surface area contributed by atoms with E-state index in [1.807, 2.05) is 0 Å². The van der Waals surface area contributed by atoms with E-state index in [2.05, 4.69) is 30.9 Å². The van der Waals surface area contributed by atoms with Gasteiger partial charge in [-0.1, -0.05) is 0 Å². The minimum Gasteiger partial charge on any atom is -0.289 e. The number of halogens is 2. The highest BCUT2D eigenvalue weighted by atomic mass is 79.9. The monoisotopic (exact) mass is 258 g/mol. The van der Waals surface area contributed by atoms with Crippen LogP contribution in [0, 0.1) is 0 Å². The van der Waals surface area contributed by atoms with Gasteiger partial charge in [-0.05, 0) is 27.5 Å². The predicted octanol–water partition coefficient (Wildman–Crippen LogP) is 2.08. The first kappa shape index (κ1) is 8.65. The Kier molecular flexibility index (Phi) is 2.28. The summed E-state index contributed by atoms with van der Waals surface area (Å²) < 4.78 is 2.52. The van der Waals surface area contributed by atoms with Crippen LogP contribution in [0.25, 0.3) is 5.82 Å². The van der Waals surface area contributed by atoms with Crippen LogP contribution in [0.4, 0.5) is 0 Å². The van der Waals surface area contributed by atoms with Crippen LogP contribution in [0.5, 0.6) is 0 Å². The fourth-order valence-electron chi connectivity index (χ4n) is 0.903. The standard InChI is InChI=1S/C7H4BrClN4/c8-5-3-11-7(9)12-6(5)13-2-1-10-4-13/h1-4H. The van der Waals surface area contributed by atoms with Gasteiger partial charge in [0.25, 0.3) is 0 Å². The zero-order chi connectivity index (χ0) is 9.26. The van der Waals surface area contributed by atoms with Gasteiger partial charge in [-0.3, -0.25) is 4.57 Å². The van der Waals surface area contributed by atoms with Gasteiger partial charge in [-0.2, -0.15) is 4.98 Å². The van der Waals surface area contributed by atoms with E-state index in [9.17, 15) is 0 Å². The Morgan fingerprint density at radius 3 is 3.00 bits per heavy atom. The van der Waals surface area contributed by atoms with Crippen molar-refractivity contribution in [2.45, 2.75) is 0 Å². The Morgan fingerprint density at radius 1 is 1.46 bits per heavy atom. The van der Waals surface area contributed by atoms with E-state index in [1.54, 1.807) is 29.5 Å². The molecule has 2 heterocycles. The van der Waals surface area contributed by atoms with E-state index in [0.717, 1.165) is 4.47 Å². The Labute approximate surface area is 87.7 Å². The van der Waals surface area contributed by atoms with Crippen LogP contribution in [-0.4, -0.2) is 19.5 Å². The first-order valence-corrected chi connectivity index (χ1v) is 4.61. The van der Waals surface area contributed by atoms with Crippen LogP contribution in [-0.2, 0) is 0 Å². The molecule has 66 valence electrons. The molecule has 0 spiro atoms. The average Bonchev–Trinajstić information content (AvgIpc) is 2.61. The number of imidazole rings is 1. The second kappa shape index (κ2) is 3.43. The van der Waals surface area contributed by atoms with Gasteiger partial charge in [0.2, 0.25) is 5.28 Å². The average molecular weight is 259 g/mol. The topological polar surface area (TPSA) is 43.6 Å². The van der Waals surface area contributed by atoms with Crippen LogP contribution in [0.3, 0.4) is 0 Å². The number of nitrogens with zero attached hydrogens (tertiary/aromatic N) is 4. The van der Waals surface area contributed by atoms with Crippen molar-refractivity contribution in [3.05, 3.63) is 34.7 Å². The summed E-state index contributed by atoms with van der Waals surface area (Å²) in [6.07, 6.45) is 6.69. The zero-order valence-electron chi connectivity index (χ0n) is 6.35. The zero-order valence-corrected chi connectivity index (χ0v) is 8.70. The highest BCUT2D eigenvalue weighted by Gasteiger charge is 2.04. The van der Waals surface area contributed by atoms with Crippen LogP contribution in [0.15, 0.2) is 29.4 Å². The number of hydrogen-bond acceptors (Lipinski definition) is 3. The molecule has 0 saturated carbocycles. The lowest BCUT2D eigenvalue weighted by molar-refractivity contribution is 0.960. The van der Waals surface area contributed by atoms with Crippen molar-refractivity contribution in [3.8, 4) is 5.82 Å². The summed E-state index contributed by atoms with van der Waals surface area (Å²) in [5.74, 6) is 0.678. The fourth-order valence-corrected chi connectivity index (χ4v) is 1.43. The van der Waals surface area contributed by atoms with Gasteiger partial charge in [0.05, 0.1) is 4.47 Å². The molecule has 13 heavy (non-hydrogen) atoms. The van der Waals surface area contributed by atoms with Crippen LogP contribution >= 0.6 is 27.5 Å². The summed E-state index contributed by atoms with van der Waals surface area (Å²) >= 11 is 8.98. The van der Waals surface area contributed by atoms with E-state index in [1.165, 1.54) is 0 Å². The third-order valence-corrected chi connectivity index (χ3v) is 2.19. The van der Waals surface area contributed by atoms with Gasteiger partial charge in [0.15, 0.2) is 5.82 Å². The molecule has 2 aromatic heterocycles. The van der Waals surface area contributed by atoms with Crippen molar-refractivity contribution in [3.63, 3.8) is 0 Å². The van der Waals surface area contributed by atoms with Gasteiger partial charge in [-0.25, -0.2) is 9.97 Å². The Balaban J connectivity index is 2.57. The normalized spacial score (nSPS) is 10.3. The molecule has 0 aliphatic rings. The minimum atomic E-state index is 0.215. The molecule has 0 aliphatic carbocycles. The van der Waals surface area contributed by atoms with E-state index in [4.69, 9.17) is 11.6 Å². The van der Waals surface area contributed by atoms with E-state index in [-0.39, 0.29) is 5.28 Å². The summed E-state index contributed by atoms with van der Waals surface area (Å²) in [6.45, 7) is 0. The van der Waals surface area contributed by atoms with Gasteiger partial charge < -0.3 is 0 Å². The van der Waals surface area contributed by atoms with E-state index in [0.29, 0.717) is 5.82 Å². The van der Waals surface area contributed by atoms with Crippen molar-refractivity contribution >= 4 is 27.5 Å². The number of aromatic nitrogens is 4. The van der Waals surface area contributed by atoms with Crippen LogP contribution in [0.1, 0.15) is 0 Å². The molecular formula is C7H4BrClN4. The Hall–Kier alpha value is -0.940. The molecule has 0 unspecified atom stereocenters. The van der Waals surface area contributed by atoms with Crippen molar-refractivity contribution in [2.75, 3.05) is 0 Å². The third-order valence-electron chi connectivity index (χ3n) is 1.45. The van der Waals surface area contributed by atoms with Gasteiger partial charge in [0.1, 0.15) is 6.33 Å². The number of hydrogen-bond donors (Lipinski definition) is 0. The molecule has 2 rings (SSSR count). The van der Waals surface area contributed by atoms with Gasteiger partial charge in [-0.15, -0.1) is 0 Å². The second-order valence-electron chi connectivity index (χ2n) is 2.28. The maximum Gasteiger partial charge on any atom is 0.224 e. The first-order valence-electron chi connectivity index (χ1n) is 3.44.